The lowest BCUT2D eigenvalue weighted by atomic mass is 9.96. The molecular formula is C28H33N3O. The van der Waals surface area contributed by atoms with Gasteiger partial charge in [-0.3, -0.25) is 9.69 Å². The van der Waals surface area contributed by atoms with E-state index in [0.29, 0.717) is 13.0 Å². The zero-order chi connectivity index (χ0) is 22.2. The van der Waals surface area contributed by atoms with E-state index in [4.69, 9.17) is 0 Å². The molecule has 3 aromatic carbocycles. The maximum atomic E-state index is 12.6. The molecule has 0 unspecified atom stereocenters. The smallest absolute Gasteiger partial charge is 0.223 e. The quantitative estimate of drug-likeness (QED) is 0.532. The summed E-state index contributed by atoms with van der Waals surface area (Å²) in [6.45, 7) is 5.49. The SMILES string of the molecule is CN(Cc1ccccc1)C(=O)CCN1CCN(C(c2ccccc2)c2ccccc2)CC1. The number of piperazine rings is 1. The van der Waals surface area contributed by atoms with Crippen LogP contribution in [0, 0.1) is 0 Å². The third-order valence-corrected chi connectivity index (χ3v) is 6.33. The lowest BCUT2D eigenvalue weighted by molar-refractivity contribution is -0.130. The largest absolute Gasteiger partial charge is 0.341 e. The van der Waals surface area contributed by atoms with Gasteiger partial charge in [0.15, 0.2) is 0 Å². The Morgan fingerprint density at radius 2 is 1.28 bits per heavy atom. The minimum atomic E-state index is 0.211. The normalized spacial score (nSPS) is 15.1. The Bertz CT molecular complexity index is 914. The zero-order valence-electron chi connectivity index (χ0n) is 18.9. The summed E-state index contributed by atoms with van der Waals surface area (Å²) < 4.78 is 0. The van der Waals surface area contributed by atoms with Gasteiger partial charge >= 0.3 is 0 Å². The Morgan fingerprint density at radius 1 is 0.781 bits per heavy atom. The first-order valence-electron chi connectivity index (χ1n) is 11.5. The van der Waals surface area contributed by atoms with Crippen molar-refractivity contribution < 1.29 is 4.79 Å². The van der Waals surface area contributed by atoms with Crippen LogP contribution in [0.15, 0.2) is 91.0 Å². The maximum absolute atomic E-state index is 12.6. The number of nitrogens with zero attached hydrogens (tertiary/aromatic N) is 3. The Hall–Kier alpha value is -2.95. The zero-order valence-corrected chi connectivity index (χ0v) is 18.9. The van der Waals surface area contributed by atoms with Crippen molar-refractivity contribution in [3.8, 4) is 0 Å². The number of carbonyl (C=O) groups excluding carboxylic acids is 1. The molecule has 4 nitrogen and oxygen atoms in total. The molecule has 1 saturated heterocycles. The standard InChI is InChI=1S/C28H33N3O/c1-29(23-24-11-5-2-6-12-24)27(32)17-18-30-19-21-31(22-20-30)28(25-13-7-3-8-14-25)26-15-9-4-10-16-26/h2-16,28H,17-23H2,1H3. The highest BCUT2D eigenvalue weighted by atomic mass is 16.2. The summed E-state index contributed by atoms with van der Waals surface area (Å²) in [5.41, 5.74) is 3.85. The summed E-state index contributed by atoms with van der Waals surface area (Å²) in [4.78, 5) is 19.5. The molecular weight excluding hydrogens is 394 g/mol. The average molecular weight is 428 g/mol. The number of benzene rings is 3. The van der Waals surface area contributed by atoms with Gasteiger partial charge in [-0.25, -0.2) is 0 Å². The van der Waals surface area contributed by atoms with E-state index in [1.165, 1.54) is 16.7 Å². The first-order valence-corrected chi connectivity index (χ1v) is 11.5. The number of hydrogen-bond acceptors (Lipinski definition) is 3. The predicted octanol–water partition coefficient (Wildman–Crippen LogP) is 4.44. The summed E-state index contributed by atoms with van der Waals surface area (Å²) in [6, 6.07) is 32.0. The van der Waals surface area contributed by atoms with Gasteiger partial charge in [-0.05, 0) is 16.7 Å². The predicted molar refractivity (Wildman–Crippen MR) is 130 cm³/mol. The number of hydrogen-bond donors (Lipinski definition) is 0. The molecule has 0 aliphatic carbocycles. The van der Waals surface area contributed by atoms with Crippen LogP contribution in [0.3, 0.4) is 0 Å². The molecule has 1 amide bonds. The third-order valence-electron chi connectivity index (χ3n) is 6.33. The van der Waals surface area contributed by atoms with Crippen LogP contribution >= 0.6 is 0 Å². The van der Waals surface area contributed by atoms with E-state index in [1.807, 2.05) is 30.1 Å². The van der Waals surface area contributed by atoms with Gasteiger partial charge in [-0.15, -0.1) is 0 Å². The summed E-state index contributed by atoms with van der Waals surface area (Å²) in [5.74, 6) is 0.211. The van der Waals surface area contributed by atoms with Crippen LogP contribution in [-0.2, 0) is 11.3 Å². The van der Waals surface area contributed by atoms with E-state index in [2.05, 4.69) is 82.6 Å². The first-order chi connectivity index (χ1) is 15.7. The van der Waals surface area contributed by atoms with Crippen molar-refractivity contribution in [2.45, 2.75) is 19.0 Å². The number of carbonyl (C=O) groups is 1. The molecule has 0 radical (unpaired) electrons. The van der Waals surface area contributed by atoms with Crippen LogP contribution in [0.4, 0.5) is 0 Å². The molecule has 166 valence electrons. The molecule has 0 N–H and O–H groups in total. The van der Waals surface area contributed by atoms with Gasteiger partial charge in [0.25, 0.3) is 0 Å². The molecule has 1 aliphatic rings. The Labute approximate surface area is 192 Å². The van der Waals surface area contributed by atoms with Crippen LogP contribution in [0.1, 0.15) is 29.2 Å². The first kappa shape index (κ1) is 22.3. The molecule has 32 heavy (non-hydrogen) atoms. The Kier molecular flexibility index (Phi) is 7.70. The number of rotatable bonds is 8. The second-order valence-corrected chi connectivity index (χ2v) is 8.59. The topological polar surface area (TPSA) is 26.8 Å². The molecule has 0 saturated carbocycles. The molecule has 0 spiro atoms. The molecule has 3 aromatic rings. The van der Waals surface area contributed by atoms with Gasteiger partial charge in [0.05, 0.1) is 6.04 Å². The molecule has 1 fully saturated rings. The van der Waals surface area contributed by atoms with Gasteiger partial charge in [-0.2, -0.15) is 0 Å². The fourth-order valence-corrected chi connectivity index (χ4v) is 4.52. The van der Waals surface area contributed by atoms with Crippen LogP contribution in [0.25, 0.3) is 0 Å². The van der Waals surface area contributed by atoms with Crippen LogP contribution in [-0.4, -0.2) is 60.4 Å². The van der Waals surface area contributed by atoms with Crippen LogP contribution in [0.2, 0.25) is 0 Å². The van der Waals surface area contributed by atoms with Gasteiger partial charge in [-0.1, -0.05) is 91.0 Å². The van der Waals surface area contributed by atoms with Crippen molar-refractivity contribution in [2.24, 2.45) is 0 Å². The highest BCUT2D eigenvalue weighted by Gasteiger charge is 2.26. The van der Waals surface area contributed by atoms with Gasteiger partial charge in [0, 0.05) is 52.7 Å². The summed E-state index contributed by atoms with van der Waals surface area (Å²) in [7, 11) is 1.90. The second-order valence-electron chi connectivity index (χ2n) is 8.59. The van der Waals surface area contributed by atoms with E-state index in [9.17, 15) is 4.79 Å². The maximum Gasteiger partial charge on any atom is 0.223 e. The monoisotopic (exact) mass is 427 g/mol. The Morgan fingerprint density at radius 3 is 1.81 bits per heavy atom. The van der Waals surface area contributed by atoms with Crippen molar-refractivity contribution in [3.63, 3.8) is 0 Å². The van der Waals surface area contributed by atoms with E-state index in [1.54, 1.807) is 0 Å². The highest BCUT2D eigenvalue weighted by Crippen LogP contribution is 2.29. The van der Waals surface area contributed by atoms with E-state index < -0.39 is 0 Å². The Balaban J connectivity index is 1.30. The molecule has 0 atom stereocenters. The fourth-order valence-electron chi connectivity index (χ4n) is 4.52. The third kappa shape index (κ3) is 5.84. The van der Waals surface area contributed by atoms with Crippen molar-refractivity contribution in [3.05, 3.63) is 108 Å². The molecule has 0 aromatic heterocycles. The minimum Gasteiger partial charge on any atom is -0.341 e. The molecule has 4 heteroatoms. The molecule has 0 bridgehead atoms. The lowest BCUT2D eigenvalue weighted by Crippen LogP contribution is -2.48. The minimum absolute atomic E-state index is 0.211. The van der Waals surface area contributed by atoms with Gasteiger partial charge in [0.1, 0.15) is 0 Å². The summed E-state index contributed by atoms with van der Waals surface area (Å²) >= 11 is 0. The van der Waals surface area contributed by atoms with Crippen molar-refractivity contribution in [1.82, 2.24) is 14.7 Å². The van der Waals surface area contributed by atoms with Crippen LogP contribution in [0.5, 0.6) is 0 Å². The average Bonchev–Trinajstić information content (AvgIpc) is 2.85. The van der Waals surface area contributed by atoms with E-state index in [0.717, 1.165) is 32.7 Å². The molecule has 1 heterocycles. The highest BCUT2D eigenvalue weighted by molar-refractivity contribution is 5.76. The van der Waals surface area contributed by atoms with Gasteiger partial charge < -0.3 is 9.80 Å². The molecule has 1 aliphatic heterocycles. The van der Waals surface area contributed by atoms with Crippen molar-refractivity contribution in [2.75, 3.05) is 39.8 Å². The summed E-state index contributed by atoms with van der Waals surface area (Å²) in [6.07, 6.45) is 0.574. The van der Waals surface area contributed by atoms with E-state index >= 15 is 0 Å². The van der Waals surface area contributed by atoms with Crippen LogP contribution < -0.4 is 0 Å². The lowest BCUT2D eigenvalue weighted by Gasteiger charge is -2.40. The van der Waals surface area contributed by atoms with Crippen molar-refractivity contribution in [1.29, 1.82) is 0 Å². The van der Waals surface area contributed by atoms with E-state index in [-0.39, 0.29) is 11.9 Å². The number of amides is 1. The molecule has 4 rings (SSSR count). The second kappa shape index (κ2) is 11.1. The van der Waals surface area contributed by atoms with Crippen molar-refractivity contribution >= 4 is 5.91 Å². The fraction of sp³-hybridized carbons (Fsp3) is 0.321. The summed E-state index contributed by atoms with van der Waals surface area (Å²) in [5, 5.41) is 0. The van der Waals surface area contributed by atoms with Gasteiger partial charge in [0.2, 0.25) is 5.91 Å².